The summed E-state index contributed by atoms with van der Waals surface area (Å²) >= 11 is 15.5. The molecule has 0 aromatic heterocycles. The van der Waals surface area contributed by atoms with Crippen LogP contribution in [0.15, 0.2) is 41.6 Å². The van der Waals surface area contributed by atoms with E-state index in [9.17, 15) is 13.2 Å². The van der Waals surface area contributed by atoms with E-state index in [1.54, 1.807) is 6.07 Å². The van der Waals surface area contributed by atoms with Gasteiger partial charge >= 0.3 is 6.18 Å². The van der Waals surface area contributed by atoms with E-state index in [1.165, 1.54) is 23.8 Å². The lowest BCUT2D eigenvalue weighted by atomic mass is 9.86. The SMILES string of the molecule is FC(F)(F)C1(c2cc(Cl)cc(Cl)c2)CC(c2ccc3c(c2)C(Br)CC3)=NO1. The van der Waals surface area contributed by atoms with Crippen LogP contribution in [-0.2, 0) is 16.9 Å². The summed E-state index contributed by atoms with van der Waals surface area (Å²) in [5.41, 5.74) is 0.390. The Morgan fingerprint density at radius 2 is 1.81 bits per heavy atom. The first kappa shape index (κ1) is 19.1. The number of aryl methyl sites for hydroxylation is 1. The van der Waals surface area contributed by atoms with Gasteiger partial charge in [-0.1, -0.05) is 56.4 Å². The fourth-order valence-corrected chi connectivity index (χ4v) is 4.76. The summed E-state index contributed by atoms with van der Waals surface area (Å²) in [6.07, 6.45) is -3.23. The highest BCUT2D eigenvalue weighted by Crippen LogP contribution is 2.50. The van der Waals surface area contributed by atoms with Crippen LogP contribution in [0, 0.1) is 0 Å². The molecule has 0 N–H and O–H groups in total. The smallest absolute Gasteiger partial charge is 0.374 e. The number of hydrogen-bond donors (Lipinski definition) is 0. The van der Waals surface area contributed by atoms with E-state index in [4.69, 9.17) is 28.0 Å². The van der Waals surface area contributed by atoms with Crippen molar-refractivity contribution in [3.8, 4) is 0 Å². The van der Waals surface area contributed by atoms with Crippen LogP contribution in [0.5, 0.6) is 0 Å². The van der Waals surface area contributed by atoms with Crippen LogP contribution < -0.4 is 0 Å². The molecule has 1 aliphatic heterocycles. The summed E-state index contributed by atoms with van der Waals surface area (Å²) in [6.45, 7) is 0. The molecule has 0 saturated heterocycles. The molecule has 0 spiro atoms. The molecule has 4 rings (SSSR count). The average molecular weight is 479 g/mol. The Morgan fingerprint density at radius 1 is 1.11 bits per heavy atom. The molecule has 27 heavy (non-hydrogen) atoms. The van der Waals surface area contributed by atoms with Gasteiger partial charge in [0.05, 0.1) is 5.71 Å². The highest BCUT2D eigenvalue weighted by atomic mass is 79.9. The van der Waals surface area contributed by atoms with Gasteiger partial charge in [0.2, 0.25) is 0 Å². The minimum absolute atomic E-state index is 0.109. The third-order valence-corrected chi connectivity index (χ3v) is 6.39. The molecule has 142 valence electrons. The van der Waals surface area contributed by atoms with Crippen molar-refractivity contribution in [2.45, 2.75) is 35.9 Å². The lowest BCUT2D eigenvalue weighted by molar-refractivity contribution is -0.275. The number of fused-ring (bicyclic) bond motifs is 1. The maximum atomic E-state index is 14.0. The minimum Gasteiger partial charge on any atom is -0.374 e. The Morgan fingerprint density at radius 3 is 2.48 bits per heavy atom. The molecule has 2 aliphatic rings. The van der Waals surface area contributed by atoms with Gasteiger partial charge < -0.3 is 4.84 Å². The van der Waals surface area contributed by atoms with E-state index in [1.807, 2.05) is 12.1 Å². The van der Waals surface area contributed by atoms with Crippen LogP contribution >= 0.6 is 39.1 Å². The van der Waals surface area contributed by atoms with E-state index < -0.39 is 18.2 Å². The van der Waals surface area contributed by atoms with Crippen molar-refractivity contribution in [2.24, 2.45) is 5.16 Å². The summed E-state index contributed by atoms with van der Waals surface area (Å²) in [7, 11) is 0. The molecule has 1 heterocycles. The van der Waals surface area contributed by atoms with E-state index in [0.29, 0.717) is 5.56 Å². The van der Waals surface area contributed by atoms with Gasteiger partial charge in [-0.3, -0.25) is 0 Å². The summed E-state index contributed by atoms with van der Waals surface area (Å²) in [5.74, 6) is 0. The molecule has 0 fully saturated rings. The molecule has 0 radical (unpaired) electrons. The Balaban J connectivity index is 1.73. The molecular weight excluding hydrogens is 466 g/mol. The van der Waals surface area contributed by atoms with E-state index in [2.05, 4.69) is 21.1 Å². The fraction of sp³-hybridized carbons (Fsp3) is 0.316. The predicted octanol–water partition coefficient (Wildman–Crippen LogP) is 6.96. The van der Waals surface area contributed by atoms with E-state index in [0.717, 1.165) is 18.4 Å². The largest absolute Gasteiger partial charge is 0.435 e. The van der Waals surface area contributed by atoms with Gasteiger partial charge in [0, 0.05) is 26.9 Å². The standard InChI is InChI=1S/C19H13BrCl2F3NO/c20-16-4-3-10-1-2-11(5-15(10)16)17-9-18(27-26-17,19(23,24)25)12-6-13(21)8-14(22)7-12/h1-2,5-8,16H,3-4,9H2. The Kier molecular flexibility index (Phi) is 4.72. The lowest BCUT2D eigenvalue weighted by Gasteiger charge is -2.29. The number of oxime groups is 1. The molecule has 8 heteroatoms. The zero-order chi connectivity index (χ0) is 19.4. The van der Waals surface area contributed by atoms with Crippen molar-refractivity contribution < 1.29 is 18.0 Å². The van der Waals surface area contributed by atoms with Crippen LogP contribution in [0.1, 0.15) is 39.9 Å². The first-order chi connectivity index (χ1) is 12.7. The topological polar surface area (TPSA) is 21.6 Å². The van der Waals surface area contributed by atoms with Crippen LogP contribution in [0.25, 0.3) is 0 Å². The Hall–Kier alpha value is -1.24. The molecule has 2 aromatic rings. The second-order valence-corrected chi connectivity index (χ2v) is 8.69. The number of benzene rings is 2. The van der Waals surface area contributed by atoms with Crippen LogP contribution in [0.3, 0.4) is 0 Å². The number of halogens is 6. The summed E-state index contributed by atoms with van der Waals surface area (Å²) in [5, 5.41) is 4.03. The van der Waals surface area contributed by atoms with Gasteiger partial charge in [0.1, 0.15) is 0 Å². The number of hydrogen-bond acceptors (Lipinski definition) is 2. The maximum Gasteiger partial charge on any atom is 0.435 e. The molecule has 2 unspecified atom stereocenters. The Bertz CT molecular complexity index is 927. The quantitative estimate of drug-likeness (QED) is 0.427. The van der Waals surface area contributed by atoms with Crippen molar-refractivity contribution >= 4 is 44.8 Å². The van der Waals surface area contributed by atoms with Gasteiger partial charge in [0.25, 0.3) is 5.60 Å². The zero-order valence-electron chi connectivity index (χ0n) is 13.8. The number of nitrogens with zero attached hydrogens (tertiary/aromatic N) is 1. The monoisotopic (exact) mass is 477 g/mol. The molecule has 0 saturated carbocycles. The minimum atomic E-state index is -4.69. The fourth-order valence-electron chi connectivity index (χ4n) is 3.58. The van der Waals surface area contributed by atoms with Crippen LogP contribution in [0.2, 0.25) is 10.0 Å². The predicted molar refractivity (Wildman–Crippen MR) is 103 cm³/mol. The first-order valence-corrected chi connectivity index (χ1v) is 9.92. The summed E-state index contributed by atoms with van der Waals surface area (Å²) in [6, 6.07) is 9.44. The normalized spacial score (nSPS) is 24.5. The van der Waals surface area contributed by atoms with E-state index >= 15 is 0 Å². The van der Waals surface area contributed by atoms with Crippen molar-refractivity contribution in [2.75, 3.05) is 0 Å². The molecule has 2 nitrogen and oxygen atoms in total. The highest BCUT2D eigenvalue weighted by Gasteiger charge is 2.62. The van der Waals surface area contributed by atoms with Crippen LogP contribution in [0.4, 0.5) is 13.2 Å². The summed E-state index contributed by atoms with van der Waals surface area (Å²) < 4.78 is 42.1. The molecule has 0 bridgehead atoms. The third-order valence-electron chi connectivity index (χ3n) is 5.00. The molecule has 0 amide bonds. The van der Waals surface area contributed by atoms with Crippen LogP contribution in [-0.4, -0.2) is 11.9 Å². The third kappa shape index (κ3) is 3.26. The molecule has 1 aliphatic carbocycles. The van der Waals surface area contributed by atoms with Gasteiger partial charge in [-0.15, -0.1) is 0 Å². The first-order valence-electron chi connectivity index (χ1n) is 8.25. The van der Waals surface area contributed by atoms with Gasteiger partial charge in [0.15, 0.2) is 0 Å². The highest BCUT2D eigenvalue weighted by molar-refractivity contribution is 9.09. The second kappa shape index (κ2) is 6.68. The maximum absolute atomic E-state index is 14.0. The Labute approximate surface area is 172 Å². The van der Waals surface area contributed by atoms with Crippen molar-refractivity contribution in [3.05, 3.63) is 68.7 Å². The van der Waals surface area contributed by atoms with Crippen molar-refractivity contribution in [1.82, 2.24) is 0 Å². The van der Waals surface area contributed by atoms with Gasteiger partial charge in [-0.25, -0.2) is 0 Å². The number of rotatable bonds is 2. The molecular formula is C19H13BrCl2F3NO. The van der Waals surface area contributed by atoms with E-state index in [-0.39, 0.29) is 26.1 Å². The van der Waals surface area contributed by atoms with Crippen molar-refractivity contribution in [1.29, 1.82) is 0 Å². The molecule has 2 aromatic carbocycles. The van der Waals surface area contributed by atoms with Gasteiger partial charge in [-0.05, 0) is 53.8 Å². The van der Waals surface area contributed by atoms with Crippen molar-refractivity contribution in [3.63, 3.8) is 0 Å². The lowest BCUT2D eigenvalue weighted by Crippen LogP contribution is -2.42. The second-order valence-electron chi connectivity index (χ2n) is 6.71. The average Bonchev–Trinajstić information content (AvgIpc) is 3.19. The number of alkyl halides is 4. The van der Waals surface area contributed by atoms with Gasteiger partial charge in [-0.2, -0.15) is 13.2 Å². The zero-order valence-corrected chi connectivity index (χ0v) is 16.9. The summed E-state index contributed by atoms with van der Waals surface area (Å²) in [4.78, 5) is 5.25. The molecule has 2 atom stereocenters.